The molecular weight excluding hydrogens is 612 g/mol. The SMILES string of the molecule is CC(C)[Si](C#Cc1c2cc3ccccc3cc2c(C#C[Si](C(C)C)(C(C)C)C(C)C)c2nc(Cl)c(Cl)nc12)(C(C)C)C(C)C. The molecule has 0 fully saturated rings. The number of hydrogen-bond donors (Lipinski definition) is 0. The van der Waals surface area contributed by atoms with Gasteiger partial charge in [-0.05, 0) is 56.2 Å². The van der Waals surface area contributed by atoms with Gasteiger partial charge in [0.1, 0.15) is 27.2 Å². The summed E-state index contributed by atoms with van der Waals surface area (Å²) < 4.78 is 0. The first kappa shape index (κ1) is 34.5. The molecular formula is C38H48Cl2N2Si2. The molecule has 3 aromatic carbocycles. The molecule has 232 valence electrons. The highest BCUT2D eigenvalue weighted by Gasteiger charge is 2.43. The van der Waals surface area contributed by atoms with Crippen molar-refractivity contribution in [2.45, 2.75) is 116 Å². The number of aromatic nitrogens is 2. The molecule has 4 aromatic rings. The van der Waals surface area contributed by atoms with Gasteiger partial charge in [0.15, 0.2) is 10.3 Å². The van der Waals surface area contributed by atoms with Crippen LogP contribution in [0.4, 0.5) is 0 Å². The average molecular weight is 660 g/mol. The molecule has 6 heteroatoms. The van der Waals surface area contributed by atoms with Gasteiger partial charge < -0.3 is 0 Å². The van der Waals surface area contributed by atoms with Gasteiger partial charge in [-0.25, -0.2) is 9.97 Å². The summed E-state index contributed by atoms with van der Waals surface area (Å²) in [4.78, 5) is 9.76. The minimum absolute atomic E-state index is 0.191. The lowest BCUT2D eigenvalue weighted by Crippen LogP contribution is -2.43. The van der Waals surface area contributed by atoms with E-state index in [1.165, 1.54) is 0 Å². The van der Waals surface area contributed by atoms with Gasteiger partial charge in [-0.2, -0.15) is 0 Å². The number of hydrogen-bond acceptors (Lipinski definition) is 2. The van der Waals surface area contributed by atoms with Crippen LogP contribution in [-0.2, 0) is 0 Å². The molecule has 0 aliphatic heterocycles. The maximum atomic E-state index is 6.60. The Hall–Kier alpha value is -2.35. The number of benzene rings is 3. The van der Waals surface area contributed by atoms with Crippen LogP contribution >= 0.6 is 23.2 Å². The van der Waals surface area contributed by atoms with E-state index < -0.39 is 16.1 Å². The van der Waals surface area contributed by atoms with Crippen LogP contribution in [0.3, 0.4) is 0 Å². The van der Waals surface area contributed by atoms with Crippen LogP contribution in [0.15, 0.2) is 36.4 Å². The maximum absolute atomic E-state index is 6.60. The van der Waals surface area contributed by atoms with Crippen molar-refractivity contribution >= 4 is 71.9 Å². The van der Waals surface area contributed by atoms with Crippen molar-refractivity contribution < 1.29 is 0 Å². The molecule has 4 rings (SSSR count). The molecule has 1 aromatic heterocycles. The van der Waals surface area contributed by atoms with Crippen molar-refractivity contribution in [2.24, 2.45) is 0 Å². The highest BCUT2D eigenvalue weighted by atomic mass is 35.5. The fourth-order valence-corrected chi connectivity index (χ4v) is 18.8. The van der Waals surface area contributed by atoms with Crippen LogP contribution in [0.25, 0.3) is 32.6 Å². The van der Waals surface area contributed by atoms with Crippen molar-refractivity contribution in [3.63, 3.8) is 0 Å². The number of nitrogens with zero attached hydrogens (tertiary/aromatic N) is 2. The molecule has 0 bridgehead atoms. The summed E-state index contributed by atoms with van der Waals surface area (Å²) in [6, 6.07) is 13.0. The minimum Gasteiger partial charge on any atom is -0.230 e. The Bertz CT molecular complexity index is 1660. The van der Waals surface area contributed by atoms with E-state index in [1.54, 1.807) is 0 Å². The summed E-state index contributed by atoms with van der Waals surface area (Å²) in [5.74, 6) is 7.50. The van der Waals surface area contributed by atoms with E-state index in [9.17, 15) is 0 Å². The van der Waals surface area contributed by atoms with Crippen molar-refractivity contribution in [1.29, 1.82) is 0 Å². The summed E-state index contributed by atoms with van der Waals surface area (Å²) in [6.45, 7) is 28.1. The molecule has 1 heterocycles. The zero-order valence-corrected chi connectivity index (χ0v) is 32.1. The molecule has 2 nitrogen and oxygen atoms in total. The zero-order valence-electron chi connectivity index (χ0n) is 28.6. The third-order valence-corrected chi connectivity index (χ3v) is 23.5. The zero-order chi connectivity index (χ0) is 32.7. The van der Waals surface area contributed by atoms with E-state index >= 15 is 0 Å². The highest BCUT2D eigenvalue weighted by Crippen LogP contribution is 2.43. The minimum atomic E-state index is -2.05. The molecule has 0 saturated heterocycles. The first-order valence-corrected chi connectivity index (χ1v) is 21.4. The predicted octanol–water partition coefficient (Wildman–Crippen LogP) is 12.4. The van der Waals surface area contributed by atoms with Crippen molar-refractivity contribution in [2.75, 3.05) is 0 Å². The second kappa shape index (κ2) is 13.2. The first-order valence-electron chi connectivity index (χ1n) is 16.2. The second-order valence-electron chi connectivity index (χ2n) is 14.3. The van der Waals surface area contributed by atoms with Crippen LogP contribution < -0.4 is 0 Å². The van der Waals surface area contributed by atoms with E-state index in [0.717, 1.165) is 32.7 Å². The quantitative estimate of drug-likeness (QED) is 0.117. The molecule has 0 N–H and O–H groups in total. The standard InChI is InChI=1S/C38H48Cl2N2Si2/c1-23(2)43(24(3)4,25(5)6)19-17-31-33-21-29-15-13-14-16-30(29)22-34(33)32(36-35(31)41-37(39)38(40)42-36)18-20-44(26(7)8,27(9)10)28(11)12/h13-16,21-28H,1-12H3. The van der Waals surface area contributed by atoms with Gasteiger partial charge in [-0.3, -0.25) is 0 Å². The van der Waals surface area contributed by atoms with Crippen LogP contribution in [0.1, 0.15) is 94.2 Å². The van der Waals surface area contributed by atoms with E-state index in [-0.39, 0.29) is 10.3 Å². The summed E-state index contributed by atoms with van der Waals surface area (Å²) >= 11 is 13.2. The van der Waals surface area contributed by atoms with Crippen LogP contribution in [0.5, 0.6) is 0 Å². The molecule has 0 saturated carbocycles. The third-order valence-electron chi connectivity index (χ3n) is 10.3. The normalized spacial score (nSPS) is 12.7. The van der Waals surface area contributed by atoms with Gasteiger partial charge in [-0.1, -0.05) is 142 Å². The van der Waals surface area contributed by atoms with E-state index in [2.05, 4.69) is 142 Å². The summed E-state index contributed by atoms with van der Waals surface area (Å²) in [7, 11) is -4.09. The van der Waals surface area contributed by atoms with Crippen LogP contribution in [0.2, 0.25) is 43.6 Å². The molecule has 0 aliphatic rings. The lowest BCUT2D eigenvalue weighted by molar-refractivity contribution is 0.838. The highest BCUT2D eigenvalue weighted by molar-refractivity contribution is 6.91. The van der Waals surface area contributed by atoms with Gasteiger partial charge in [0.2, 0.25) is 0 Å². The number of halogens is 2. The van der Waals surface area contributed by atoms with E-state index in [1.807, 2.05) is 0 Å². The Morgan fingerprint density at radius 2 is 0.818 bits per heavy atom. The van der Waals surface area contributed by atoms with Crippen LogP contribution in [-0.4, -0.2) is 26.1 Å². The average Bonchev–Trinajstić information content (AvgIpc) is 2.93. The topological polar surface area (TPSA) is 25.8 Å². The van der Waals surface area contributed by atoms with Gasteiger partial charge in [0.05, 0.1) is 11.1 Å². The Labute approximate surface area is 277 Å². The molecule has 0 spiro atoms. The van der Waals surface area contributed by atoms with Gasteiger partial charge in [0.25, 0.3) is 0 Å². The maximum Gasteiger partial charge on any atom is 0.167 e. The van der Waals surface area contributed by atoms with Gasteiger partial charge >= 0.3 is 0 Å². The predicted molar refractivity (Wildman–Crippen MR) is 200 cm³/mol. The molecule has 0 aliphatic carbocycles. The van der Waals surface area contributed by atoms with E-state index in [0.29, 0.717) is 44.3 Å². The van der Waals surface area contributed by atoms with Crippen molar-refractivity contribution in [3.05, 3.63) is 57.8 Å². The Kier molecular flexibility index (Phi) is 10.3. The molecule has 44 heavy (non-hydrogen) atoms. The fraction of sp³-hybridized carbons (Fsp3) is 0.474. The molecule has 0 radical (unpaired) electrons. The summed E-state index contributed by atoms with van der Waals surface area (Å²) in [6.07, 6.45) is 0. The Balaban J connectivity index is 2.27. The van der Waals surface area contributed by atoms with Gasteiger partial charge in [0, 0.05) is 10.8 Å². The van der Waals surface area contributed by atoms with E-state index in [4.69, 9.17) is 33.2 Å². The molecule has 0 amide bonds. The largest absolute Gasteiger partial charge is 0.230 e. The first-order chi connectivity index (χ1) is 20.6. The lowest BCUT2D eigenvalue weighted by atomic mass is 9.94. The summed E-state index contributed by atoms with van der Waals surface area (Å²) in [5.41, 5.74) is 14.0. The van der Waals surface area contributed by atoms with Crippen molar-refractivity contribution in [3.8, 4) is 22.9 Å². The fourth-order valence-electron chi connectivity index (χ4n) is 8.11. The van der Waals surface area contributed by atoms with Gasteiger partial charge in [-0.15, -0.1) is 11.1 Å². The number of rotatable bonds is 6. The second-order valence-corrected chi connectivity index (χ2v) is 26.2. The molecule has 0 unspecified atom stereocenters. The monoisotopic (exact) mass is 658 g/mol. The lowest BCUT2D eigenvalue weighted by Gasteiger charge is -2.38. The smallest absolute Gasteiger partial charge is 0.167 e. The van der Waals surface area contributed by atoms with Crippen molar-refractivity contribution in [1.82, 2.24) is 9.97 Å². The Morgan fingerprint density at radius 3 is 1.09 bits per heavy atom. The number of fused-ring (bicyclic) bond motifs is 3. The van der Waals surface area contributed by atoms with Crippen LogP contribution in [0, 0.1) is 22.9 Å². The summed E-state index contributed by atoms with van der Waals surface area (Å²) in [5, 5.41) is 4.79. The Morgan fingerprint density at radius 1 is 0.523 bits per heavy atom. The molecule has 0 atom stereocenters. The third kappa shape index (κ3) is 5.85.